The van der Waals surface area contributed by atoms with E-state index in [2.05, 4.69) is 20.6 Å². The van der Waals surface area contributed by atoms with Gasteiger partial charge in [0.2, 0.25) is 0 Å². The maximum atomic E-state index is 11.8. The standard InChI is InChI=1S/C17H12N4O2/c1-9-2-5-14-13(6-9)15(19-8-18-14)20-10-3-4-11-12(7-10)17(23)21-16(11)22/h2-8H,1H3,(H,18,19,20)(H,21,22,23). The van der Waals surface area contributed by atoms with Gasteiger partial charge in [-0.15, -0.1) is 0 Å². The van der Waals surface area contributed by atoms with E-state index in [1.54, 1.807) is 18.2 Å². The molecule has 0 atom stereocenters. The van der Waals surface area contributed by atoms with Crippen molar-refractivity contribution in [1.29, 1.82) is 0 Å². The number of carbonyl (C=O) groups is 2. The number of aryl methyl sites for hydroxylation is 1. The highest BCUT2D eigenvalue weighted by molar-refractivity contribution is 6.21. The van der Waals surface area contributed by atoms with Crippen molar-refractivity contribution in [1.82, 2.24) is 15.3 Å². The van der Waals surface area contributed by atoms with Gasteiger partial charge in [-0.2, -0.15) is 0 Å². The zero-order valence-electron chi connectivity index (χ0n) is 12.3. The molecular weight excluding hydrogens is 292 g/mol. The van der Waals surface area contributed by atoms with Crippen LogP contribution >= 0.6 is 0 Å². The van der Waals surface area contributed by atoms with Gasteiger partial charge in [-0.05, 0) is 37.3 Å². The van der Waals surface area contributed by atoms with E-state index in [9.17, 15) is 9.59 Å². The topological polar surface area (TPSA) is 84.0 Å². The van der Waals surface area contributed by atoms with Crippen LogP contribution in [0.15, 0.2) is 42.7 Å². The van der Waals surface area contributed by atoms with Gasteiger partial charge in [0.15, 0.2) is 0 Å². The van der Waals surface area contributed by atoms with Gasteiger partial charge in [0.05, 0.1) is 16.6 Å². The third-order valence-corrected chi connectivity index (χ3v) is 3.79. The van der Waals surface area contributed by atoms with Crippen molar-refractivity contribution < 1.29 is 9.59 Å². The SMILES string of the molecule is Cc1ccc2ncnc(Nc3ccc4c(c3)C(=O)NC4=O)c2c1. The fourth-order valence-corrected chi connectivity index (χ4v) is 2.65. The predicted octanol–water partition coefficient (Wildman–Crippen LogP) is 2.57. The Morgan fingerprint density at radius 3 is 2.65 bits per heavy atom. The summed E-state index contributed by atoms with van der Waals surface area (Å²) in [6, 6.07) is 11.0. The molecule has 112 valence electrons. The first-order chi connectivity index (χ1) is 11.1. The number of imide groups is 1. The first-order valence-corrected chi connectivity index (χ1v) is 7.10. The number of nitrogens with one attached hydrogen (secondary N) is 2. The van der Waals surface area contributed by atoms with Crippen LogP contribution < -0.4 is 10.6 Å². The van der Waals surface area contributed by atoms with Gasteiger partial charge >= 0.3 is 0 Å². The molecule has 1 aliphatic heterocycles. The summed E-state index contributed by atoms with van der Waals surface area (Å²) in [5.74, 6) is -0.0833. The van der Waals surface area contributed by atoms with Crippen LogP contribution in [0.25, 0.3) is 10.9 Å². The molecular formula is C17H12N4O2. The van der Waals surface area contributed by atoms with E-state index in [0.29, 0.717) is 22.6 Å². The first kappa shape index (κ1) is 13.4. The predicted molar refractivity (Wildman–Crippen MR) is 85.8 cm³/mol. The summed E-state index contributed by atoms with van der Waals surface area (Å²) >= 11 is 0. The summed E-state index contributed by atoms with van der Waals surface area (Å²) < 4.78 is 0. The van der Waals surface area contributed by atoms with Crippen molar-refractivity contribution in [3.05, 3.63) is 59.4 Å². The van der Waals surface area contributed by atoms with E-state index in [0.717, 1.165) is 16.5 Å². The van der Waals surface area contributed by atoms with Crippen LogP contribution in [0.5, 0.6) is 0 Å². The van der Waals surface area contributed by atoms with Crippen molar-refractivity contribution in [3.8, 4) is 0 Å². The Morgan fingerprint density at radius 1 is 0.957 bits per heavy atom. The number of carbonyl (C=O) groups excluding carboxylic acids is 2. The molecule has 2 N–H and O–H groups in total. The van der Waals surface area contributed by atoms with Crippen LogP contribution in [0.4, 0.5) is 11.5 Å². The molecule has 6 heteroatoms. The molecule has 0 bridgehead atoms. The normalized spacial score (nSPS) is 13.1. The molecule has 0 saturated carbocycles. The molecule has 0 aliphatic carbocycles. The van der Waals surface area contributed by atoms with E-state index in [1.165, 1.54) is 6.33 Å². The fraction of sp³-hybridized carbons (Fsp3) is 0.0588. The summed E-state index contributed by atoms with van der Waals surface area (Å²) in [6.45, 7) is 2.00. The Hall–Kier alpha value is -3.28. The largest absolute Gasteiger partial charge is 0.340 e. The average Bonchev–Trinajstić information content (AvgIpc) is 2.82. The smallest absolute Gasteiger partial charge is 0.259 e. The van der Waals surface area contributed by atoms with Gasteiger partial charge < -0.3 is 5.32 Å². The number of nitrogens with zero attached hydrogens (tertiary/aromatic N) is 2. The van der Waals surface area contributed by atoms with E-state index in [-0.39, 0.29) is 11.8 Å². The first-order valence-electron chi connectivity index (χ1n) is 7.10. The molecule has 0 fully saturated rings. The van der Waals surface area contributed by atoms with Crippen LogP contribution in [0.1, 0.15) is 26.3 Å². The Morgan fingerprint density at radius 2 is 1.78 bits per heavy atom. The molecule has 23 heavy (non-hydrogen) atoms. The third-order valence-electron chi connectivity index (χ3n) is 3.79. The van der Waals surface area contributed by atoms with Crippen molar-refractivity contribution in [2.45, 2.75) is 6.92 Å². The quantitative estimate of drug-likeness (QED) is 0.711. The van der Waals surface area contributed by atoms with Crippen molar-refractivity contribution in [2.75, 3.05) is 5.32 Å². The highest BCUT2D eigenvalue weighted by atomic mass is 16.2. The van der Waals surface area contributed by atoms with Gasteiger partial charge in [-0.3, -0.25) is 14.9 Å². The number of hydrogen-bond acceptors (Lipinski definition) is 5. The molecule has 0 radical (unpaired) electrons. The van der Waals surface area contributed by atoms with Gasteiger partial charge in [0.25, 0.3) is 11.8 Å². The van der Waals surface area contributed by atoms with Gasteiger partial charge in [-0.1, -0.05) is 11.6 Å². The maximum Gasteiger partial charge on any atom is 0.259 e. The van der Waals surface area contributed by atoms with Crippen LogP contribution in [-0.2, 0) is 0 Å². The minimum absolute atomic E-state index is 0.361. The van der Waals surface area contributed by atoms with E-state index in [4.69, 9.17) is 0 Å². The number of fused-ring (bicyclic) bond motifs is 2. The van der Waals surface area contributed by atoms with Crippen molar-refractivity contribution in [3.63, 3.8) is 0 Å². The Bertz CT molecular complexity index is 981. The van der Waals surface area contributed by atoms with Gasteiger partial charge in [0, 0.05) is 11.1 Å². The lowest BCUT2D eigenvalue weighted by Gasteiger charge is -2.09. The molecule has 6 nitrogen and oxygen atoms in total. The minimum Gasteiger partial charge on any atom is -0.340 e. The van der Waals surface area contributed by atoms with Crippen LogP contribution in [0.2, 0.25) is 0 Å². The lowest BCUT2D eigenvalue weighted by molar-refractivity contribution is 0.0879. The molecule has 0 saturated heterocycles. The number of hydrogen-bond donors (Lipinski definition) is 2. The summed E-state index contributed by atoms with van der Waals surface area (Å²) in [6.07, 6.45) is 1.49. The molecule has 0 spiro atoms. The maximum absolute atomic E-state index is 11.8. The highest BCUT2D eigenvalue weighted by Gasteiger charge is 2.26. The van der Waals surface area contributed by atoms with E-state index < -0.39 is 0 Å². The second-order valence-corrected chi connectivity index (χ2v) is 5.41. The van der Waals surface area contributed by atoms with Crippen LogP contribution in [-0.4, -0.2) is 21.8 Å². The van der Waals surface area contributed by atoms with Crippen LogP contribution in [0.3, 0.4) is 0 Å². The number of benzene rings is 2. The summed E-state index contributed by atoms with van der Waals surface area (Å²) in [5, 5.41) is 6.37. The summed E-state index contributed by atoms with van der Waals surface area (Å²) in [4.78, 5) is 31.9. The average molecular weight is 304 g/mol. The minimum atomic E-state index is -0.378. The monoisotopic (exact) mass is 304 g/mol. The molecule has 3 aromatic rings. The fourth-order valence-electron chi connectivity index (χ4n) is 2.65. The summed E-state index contributed by atoms with van der Waals surface area (Å²) in [5.41, 5.74) is 3.39. The number of aromatic nitrogens is 2. The Labute approximate surface area is 131 Å². The molecule has 0 unspecified atom stereocenters. The summed E-state index contributed by atoms with van der Waals surface area (Å²) in [7, 11) is 0. The lowest BCUT2D eigenvalue weighted by Crippen LogP contribution is -2.19. The van der Waals surface area contributed by atoms with Crippen LogP contribution in [0, 0.1) is 6.92 Å². The third kappa shape index (κ3) is 2.20. The highest BCUT2D eigenvalue weighted by Crippen LogP contribution is 2.26. The molecule has 1 aliphatic rings. The molecule has 2 aromatic carbocycles. The molecule has 2 amide bonds. The van der Waals surface area contributed by atoms with Gasteiger partial charge in [-0.25, -0.2) is 9.97 Å². The molecule has 2 heterocycles. The van der Waals surface area contributed by atoms with E-state index >= 15 is 0 Å². The molecule has 4 rings (SSSR count). The number of rotatable bonds is 2. The second kappa shape index (κ2) is 4.88. The number of anilines is 2. The molecule has 1 aromatic heterocycles. The zero-order valence-corrected chi connectivity index (χ0v) is 12.3. The van der Waals surface area contributed by atoms with Gasteiger partial charge in [0.1, 0.15) is 12.1 Å². The second-order valence-electron chi connectivity index (χ2n) is 5.41. The lowest BCUT2D eigenvalue weighted by atomic mass is 10.1. The van der Waals surface area contributed by atoms with Crippen molar-refractivity contribution in [2.24, 2.45) is 0 Å². The Balaban J connectivity index is 1.77. The zero-order chi connectivity index (χ0) is 16.0. The Kier molecular flexibility index (Phi) is 2.84. The number of amides is 2. The van der Waals surface area contributed by atoms with E-state index in [1.807, 2.05) is 25.1 Å². The van der Waals surface area contributed by atoms with Crippen molar-refractivity contribution >= 4 is 34.2 Å².